The van der Waals surface area contributed by atoms with Crippen molar-refractivity contribution >= 4 is 17.8 Å². The highest BCUT2D eigenvalue weighted by Gasteiger charge is 2.34. The lowest BCUT2D eigenvalue weighted by Crippen LogP contribution is -2.11. The number of rotatable bonds is 0. The van der Waals surface area contributed by atoms with Crippen LogP contribution in [-0.4, -0.2) is 18.0 Å². The second-order valence-corrected chi connectivity index (χ2v) is 9.40. The largest absolute Gasteiger partial charge is 0.0972 e. The van der Waals surface area contributed by atoms with Gasteiger partial charge < -0.3 is 0 Å². The van der Waals surface area contributed by atoms with E-state index in [4.69, 9.17) is 11.8 Å². The molecule has 2 saturated heterocycles. The highest BCUT2D eigenvalue weighted by molar-refractivity contribution is 8.15. The molecule has 0 radical (unpaired) electrons. The van der Waals surface area contributed by atoms with E-state index in [-0.39, 0.29) is 0 Å². The van der Waals surface area contributed by atoms with Crippen molar-refractivity contribution in [3.05, 3.63) is 0 Å². The van der Waals surface area contributed by atoms with Crippen LogP contribution >= 0.6 is 6.04 Å². The molecular formula is C8H15PS. The van der Waals surface area contributed by atoms with E-state index < -0.39 is 6.04 Å². The van der Waals surface area contributed by atoms with Crippen LogP contribution in [0.4, 0.5) is 0 Å². The summed E-state index contributed by atoms with van der Waals surface area (Å²) < 4.78 is 0. The lowest BCUT2D eigenvalue weighted by molar-refractivity contribution is 0.639. The molecule has 0 aromatic heterocycles. The Kier molecular flexibility index (Phi) is 1.90. The maximum Gasteiger partial charge on any atom is -0.0118 e. The van der Waals surface area contributed by atoms with Crippen LogP contribution in [-0.2, 0) is 11.8 Å². The summed E-state index contributed by atoms with van der Waals surface area (Å²) >= 11 is 5.75. The van der Waals surface area contributed by atoms with Crippen LogP contribution in [0.15, 0.2) is 0 Å². The first-order valence-electron chi connectivity index (χ1n) is 4.39. The Balaban J connectivity index is 2.18. The van der Waals surface area contributed by atoms with Crippen LogP contribution in [0.2, 0.25) is 0 Å². The van der Waals surface area contributed by atoms with Crippen LogP contribution in [0.25, 0.3) is 0 Å². The number of fused-ring (bicyclic) bond motifs is 1. The molecule has 2 fully saturated rings. The summed E-state index contributed by atoms with van der Waals surface area (Å²) in [6, 6.07) is -0.741. The molecule has 2 rings (SSSR count). The van der Waals surface area contributed by atoms with Gasteiger partial charge in [0.2, 0.25) is 0 Å². The second-order valence-electron chi connectivity index (χ2n) is 3.69. The monoisotopic (exact) mass is 174 g/mol. The number of hydrogen-bond donors (Lipinski definition) is 0. The molecule has 0 bridgehead atoms. The smallest absolute Gasteiger partial charge is 0.0118 e. The van der Waals surface area contributed by atoms with Crippen LogP contribution in [0.1, 0.15) is 32.1 Å². The maximum atomic E-state index is 5.75. The molecule has 2 heterocycles. The summed E-state index contributed by atoms with van der Waals surface area (Å²) in [5.41, 5.74) is 1.04. The molecule has 0 nitrogen and oxygen atoms in total. The van der Waals surface area contributed by atoms with Crippen molar-refractivity contribution < 1.29 is 0 Å². The van der Waals surface area contributed by atoms with Gasteiger partial charge in [0.15, 0.2) is 0 Å². The molecule has 2 aliphatic heterocycles. The molecule has 0 N–H and O–H groups in total. The third-order valence-corrected chi connectivity index (χ3v) is 9.05. The van der Waals surface area contributed by atoms with Gasteiger partial charge in [-0.25, -0.2) is 0 Å². The molecule has 2 heteroatoms. The fourth-order valence-corrected chi connectivity index (χ4v) is 7.59. The molecular weight excluding hydrogens is 159 g/mol. The molecule has 0 aliphatic carbocycles. The van der Waals surface area contributed by atoms with Gasteiger partial charge in [-0.05, 0) is 49.7 Å². The molecule has 0 amide bonds. The molecule has 0 spiro atoms. The lowest BCUT2D eigenvalue weighted by Gasteiger charge is -2.28. The van der Waals surface area contributed by atoms with Gasteiger partial charge in [0.05, 0.1) is 0 Å². The fourth-order valence-electron chi connectivity index (χ4n) is 2.45. The van der Waals surface area contributed by atoms with Crippen LogP contribution in [0.5, 0.6) is 0 Å². The average molecular weight is 174 g/mol. The predicted octanol–water partition coefficient (Wildman–Crippen LogP) is 2.81. The Morgan fingerprint density at radius 3 is 2.50 bits per heavy atom. The van der Waals surface area contributed by atoms with Crippen LogP contribution in [0.3, 0.4) is 0 Å². The van der Waals surface area contributed by atoms with Crippen molar-refractivity contribution in [3.63, 3.8) is 0 Å². The topological polar surface area (TPSA) is 0 Å². The van der Waals surface area contributed by atoms with Crippen molar-refractivity contribution in [2.24, 2.45) is 0 Å². The van der Waals surface area contributed by atoms with E-state index in [0.29, 0.717) is 0 Å². The molecule has 2 aliphatic rings. The first kappa shape index (κ1) is 7.31. The van der Waals surface area contributed by atoms with Crippen molar-refractivity contribution in [1.82, 2.24) is 0 Å². The van der Waals surface area contributed by atoms with Crippen molar-refractivity contribution in [1.29, 1.82) is 0 Å². The third-order valence-electron chi connectivity index (χ3n) is 3.06. The second kappa shape index (κ2) is 2.60. The molecule has 0 aromatic rings. The molecule has 10 heavy (non-hydrogen) atoms. The SMILES string of the molecule is S=[P@@]12CCCC[C@@H]1CCC2. The number of hydrogen-bond acceptors (Lipinski definition) is 1. The molecule has 2 atom stereocenters. The summed E-state index contributed by atoms with van der Waals surface area (Å²) in [6.07, 6.45) is 10.3. The van der Waals surface area contributed by atoms with E-state index in [0.717, 1.165) is 5.66 Å². The molecule has 58 valence electrons. The lowest BCUT2D eigenvalue weighted by atomic mass is 10.1. The Morgan fingerprint density at radius 2 is 1.70 bits per heavy atom. The first-order chi connectivity index (χ1) is 4.81. The Labute approximate surface area is 68.4 Å². The molecule has 0 aromatic carbocycles. The minimum Gasteiger partial charge on any atom is -0.0972 e. The van der Waals surface area contributed by atoms with E-state index in [1.54, 1.807) is 0 Å². The Morgan fingerprint density at radius 1 is 1.00 bits per heavy atom. The zero-order valence-corrected chi connectivity index (χ0v) is 8.09. The highest BCUT2D eigenvalue weighted by atomic mass is 32.4. The quantitative estimate of drug-likeness (QED) is 0.509. The van der Waals surface area contributed by atoms with Gasteiger partial charge in [-0.1, -0.05) is 18.2 Å². The van der Waals surface area contributed by atoms with E-state index in [2.05, 4.69) is 0 Å². The molecule has 0 unspecified atom stereocenters. The standard InChI is InChI=1S/C8H15PS/c10-9-6-2-1-4-8(9)5-3-7-9/h8H,1-7H2/t8-,9-/m1/s1. The fraction of sp³-hybridized carbons (Fsp3) is 1.00. The minimum atomic E-state index is -0.741. The van der Waals surface area contributed by atoms with Crippen LogP contribution < -0.4 is 0 Å². The molecule has 0 saturated carbocycles. The predicted molar refractivity (Wildman–Crippen MR) is 50.9 cm³/mol. The summed E-state index contributed by atoms with van der Waals surface area (Å²) in [5.74, 6) is 0. The van der Waals surface area contributed by atoms with Gasteiger partial charge in [0.1, 0.15) is 0 Å². The van der Waals surface area contributed by atoms with E-state index in [1.165, 1.54) is 44.4 Å². The van der Waals surface area contributed by atoms with E-state index in [1.807, 2.05) is 0 Å². The summed E-state index contributed by atoms with van der Waals surface area (Å²) in [5, 5.41) is 0. The Hall–Kier alpha value is 0.650. The van der Waals surface area contributed by atoms with Gasteiger partial charge in [-0.3, -0.25) is 0 Å². The van der Waals surface area contributed by atoms with Gasteiger partial charge >= 0.3 is 0 Å². The minimum absolute atomic E-state index is 0.741. The highest BCUT2D eigenvalue weighted by Crippen LogP contribution is 2.62. The zero-order valence-electron chi connectivity index (χ0n) is 6.38. The zero-order chi connectivity index (χ0) is 7.03. The Bertz CT molecular complexity index is 176. The van der Waals surface area contributed by atoms with Crippen molar-refractivity contribution in [2.75, 3.05) is 12.3 Å². The average Bonchev–Trinajstić information content (AvgIpc) is 2.29. The third kappa shape index (κ3) is 1.08. The van der Waals surface area contributed by atoms with E-state index >= 15 is 0 Å². The summed E-state index contributed by atoms with van der Waals surface area (Å²) in [6.45, 7) is 0. The first-order valence-corrected chi connectivity index (χ1v) is 7.63. The van der Waals surface area contributed by atoms with Gasteiger partial charge in [0, 0.05) is 0 Å². The normalized spacial score (nSPS) is 47.0. The summed E-state index contributed by atoms with van der Waals surface area (Å²) in [4.78, 5) is 0. The van der Waals surface area contributed by atoms with Crippen LogP contribution in [0, 0.1) is 0 Å². The van der Waals surface area contributed by atoms with Gasteiger partial charge in [-0.2, -0.15) is 0 Å². The van der Waals surface area contributed by atoms with E-state index in [9.17, 15) is 0 Å². The van der Waals surface area contributed by atoms with Crippen molar-refractivity contribution in [2.45, 2.75) is 37.8 Å². The van der Waals surface area contributed by atoms with Gasteiger partial charge in [0.25, 0.3) is 0 Å². The van der Waals surface area contributed by atoms with Crippen molar-refractivity contribution in [3.8, 4) is 0 Å². The van der Waals surface area contributed by atoms with Gasteiger partial charge in [-0.15, -0.1) is 0 Å². The maximum absolute atomic E-state index is 5.75. The summed E-state index contributed by atoms with van der Waals surface area (Å²) in [7, 11) is 0.